The van der Waals surface area contributed by atoms with E-state index in [9.17, 15) is 15.0 Å². The molecule has 1 saturated heterocycles. The number of rotatable bonds is 3. The van der Waals surface area contributed by atoms with Crippen molar-refractivity contribution in [2.75, 3.05) is 18.2 Å². The highest BCUT2D eigenvalue weighted by Crippen LogP contribution is 2.41. The van der Waals surface area contributed by atoms with Gasteiger partial charge in [0.1, 0.15) is 17.5 Å². The van der Waals surface area contributed by atoms with Gasteiger partial charge in [0, 0.05) is 27.4 Å². The number of halogens is 2. The first-order valence-corrected chi connectivity index (χ1v) is 10.0. The standard InChI is InChI=1S/C12H13ClIN3O4S/c13-5-12(6-18)9(19)7(2-4-22-14)10(21-12)17-3-1-8(15)16-11(17)20/h1,3,7,9-10,18-19H,5-6H2,(H2,15,16,20)/t7-,9-,10+,12+/m0/s1. The van der Waals surface area contributed by atoms with Gasteiger partial charge in [-0.1, -0.05) is 5.92 Å². The van der Waals surface area contributed by atoms with Crippen molar-refractivity contribution < 1.29 is 14.9 Å². The van der Waals surface area contributed by atoms with Crippen LogP contribution in [0.4, 0.5) is 5.82 Å². The van der Waals surface area contributed by atoms with Crippen LogP contribution >= 0.6 is 41.7 Å². The van der Waals surface area contributed by atoms with Crippen LogP contribution in [0.2, 0.25) is 0 Å². The van der Waals surface area contributed by atoms with E-state index in [1.807, 2.05) is 21.2 Å². The molecule has 0 spiro atoms. The molecule has 0 saturated carbocycles. The van der Waals surface area contributed by atoms with Crippen molar-refractivity contribution in [2.45, 2.75) is 17.9 Å². The van der Waals surface area contributed by atoms with E-state index in [0.29, 0.717) is 0 Å². The molecule has 1 aromatic rings. The predicted molar refractivity (Wildman–Crippen MR) is 92.5 cm³/mol. The highest BCUT2D eigenvalue weighted by molar-refractivity contribution is 14.2. The molecule has 1 aromatic heterocycles. The monoisotopic (exact) mass is 457 g/mol. The van der Waals surface area contributed by atoms with Crippen LogP contribution in [0, 0.1) is 17.1 Å². The fourth-order valence-electron chi connectivity index (χ4n) is 2.24. The van der Waals surface area contributed by atoms with Gasteiger partial charge in [-0.25, -0.2) is 4.79 Å². The summed E-state index contributed by atoms with van der Waals surface area (Å²) >= 11 is 7.84. The van der Waals surface area contributed by atoms with E-state index < -0.39 is 36.1 Å². The SMILES string of the molecule is Nc1ccn([C@@H]2O[C@@](CO)(CCl)[C@@H](O)[C@@H]2C#CSI)c(=O)n1. The van der Waals surface area contributed by atoms with E-state index >= 15 is 0 Å². The maximum atomic E-state index is 12.0. The number of hydrogen-bond acceptors (Lipinski definition) is 7. The molecular formula is C12H13ClIN3O4S. The average Bonchev–Trinajstić information content (AvgIpc) is 2.78. The molecule has 0 radical (unpaired) electrons. The second-order valence-electron chi connectivity index (χ2n) is 4.70. The van der Waals surface area contributed by atoms with Crippen LogP contribution in [0.3, 0.4) is 0 Å². The lowest BCUT2D eigenvalue weighted by atomic mass is 9.92. The summed E-state index contributed by atoms with van der Waals surface area (Å²) < 4.78 is 6.89. The van der Waals surface area contributed by atoms with Gasteiger partial charge in [-0.2, -0.15) is 4.98 Å². The topological polar surface area (TPSA) is 111 Å². The summed E-state index contributed by atoms with van der Waals surface area (Å²) in [4.78, 5) is 15.6. The minimum atomic E-state index is -1.39. The first kappa shape index (κ1) is 17.8. The lowest BCUT2D eigenvalue weighted by Gasteiger charge is -2.27. The second-order valence-corrected chi connectivity index (χ2v) is 6.65. The van der Waals surface area contributed by atoms with E-state index in [1.165, 1.54) is 25.8 Å². The van der Waals surface area contributed by atoms with E-state index in [0.717, 1.165) is 0 Å². The Morgan fingerprint density at radius 1 is 1.68 bits per heavy atom. The molecule has 22 heavy (non-hydrogen) atoms. The fourth-order valence-corrected chi connectivity index (χ4v) is 3.11. The molecule has 1 aliphatic rings. The number of nitrogens with zero attached hydrogens (tertiary/aromatic N) is 2. The van der Waals surface area contributed by atoms with Gasteiger partial charge in [0.15, 0.2) is 6.23 Å². The van der Waals surface area contributed by atoms with Gasteiger partial charge in [-0.3, -0.25) is 4.57 Å². The molecule has 0 aromatic carbocycles. The van der Waals surface area contributed by atoms with Crippen molar-refractivity contribution in [3.8, 4) is 11.2 Å². The highest BCUT2D eigenvalue weighted by atomic mass is 127. The molecule has 1 aliphatic heterocycles. The normalized spacial score (nSPS) is 30.8. The number of aliphatic hydroxyl groups is 2. The van der Waals surface area contributed by atoms with Crippen molar-refractivity contribution in [1.29, 1.82) is 0 Å². The van der Waals surface area contributed by atoms with Gasteiger partial charge in [0.2, 0.25) is 0 Å². The van der Waals surface area contributed by atoms with Gasteiger partial charge >= 0.3 is 5.69 Å². The summed E-state index contributed by atoms with van der Waals surface area (Å²) in [6.07, 6.45) is -0.659. The Morgan fingerprint density at radius 2 is 2.41 bits per heavy atom. The first-order valence-electron chi connectivity index (χ1n) is 6.14. The molecular weight excluding hydrogens is 445 g/mol. The summed E-state index contributed by atoms with van der Waals surface area (Å²) in [6.45, 7) is -0.499. The van der Waals surface area contributed by atoms with Gasteiger partial charge in [0.05, 0.1) is 18.4 Å². The molecule has 120 valence electrons. The molecule has 7 nitrogen and oxygen atoms in total. The lowest BCUT2D eigenvalue weighted by Crippen LogP contribution is -2.46. The molecule has 0 amide bonds. The van der Waals surface area contributed by atoms with Crippen LogP contribution in [0.25, 0.3) is 0 Å². The molecule has 4 atom stereocenters. The Kier molecular flexibility index (Phi) is 5.98. The molecule has 0 bridgehead atoms. The highest BCUT2D eigenvalue weighted by Gasteiger charge is 2.54. The molecule has 0 unspecified atom stereocenters. The van der Waals surface area contributed by atoms with Crippen molar-refractivity contribution in [1.82, 2.24) is 9.55 Å². The Balaban J connectivity index is 2.49. The predicted octanol–water partition coefficient (Wildman–Crippen LogP) is 0.345. The zero-order chi connectivity index (χ0) is 16.3. The van der Waals surface area contributed by atoms with Crippen LogP contribution in [0.15, 0.2) is 17.1 Å². The molecule has 2 rings (SSSR count). The fraction of sp³-hybridized carbons (Fsp3) is 0.500. The average molecular weight is 458 g/mol. The summed E-state index contributed by atoms with van der Waals surface area (Å²) in [5.74, 6) is 2.03. The molecule has 2 heterocycles. The summed E-state index contributed by atoms with van der Waals surface area (Å²) in [6, 6.07) is 1.44. The molecule has 4 N–H and O–H groups in total. The Labute approximate surface area is 147 Å². The number of anilines is 1. The van der Waals surface area contributed by atoms with E-state index in [2.05, 4.69) is 16.2 Å². The van der Waals surface area contributed by atoms with Crippen LogP contribution in [-0.4, -0.2) is 44.0 Å². The largest absolute Gasteiger partial charge is 0.393 e. The smallest absolute Gasteiger partial charge is 0.351 e. The maximum Gasteiger partial charge on any atom is 0.351 e. The quantitative estimate of drug-likeness (QED) is 0.341. The van der Waals surface area contributed by atoms with Crippen molar-refractivity contribution >= 4 is 47.6 Å². The molecule has 0 aliphatic carbocycles. The van der Waals surface area contributed by atoms with Crippen molar-refractivity contribution in [3.63, 3.8) is 0 Å². The van der Waals surface area contributed by atoms with Crippen LogP contribution in [0.1, 0.15) is 6.23 Å². The molecule has 10 heteroatoms. The van der Waals surface area contributed by atoms with E-state index in [4.69, 9.17) is 22.1 Å². The Morgan fingerprint density at radius 3 is 2.95 bits per heavy atom. The number of ether oxygens (including phenoxy) is 1. The van der Waals surface area contributed by atoms with Gasteiger partial charge < -0.3 is 20.7 Å². The van der Waals surface area contributed by atoms with Crippen LogP contribution < -0.4 is 11.4 Å². The van der Waals surface area contributed by atoms with Gasteiger partial charge in [0.25, 0.3) is 0 Å². The summed E-state index contributed by atoms with van der Waals surface area (Å²) in [5, 5.41) is 22.8. The van der Waals surface area contributed by atoms with Crippen molar-refractivity contribution in [3.05, 3.63) is 22.7 Å². The van der Waals surface area contributed by atoms with Crippen LogP contribution in [-0.2, 0) is 4.74 Å². The van der Waals surface area contributed by atoms with E-state index in [1.54, 1.807) is 0 Å². The number of alkyl halides is 1. The van der Waals surface area contributed by atoms with Crippen LogP contribution in [0.5, 0.6) is 0 Å². The Hall–Kier alpha value is -0.510. The number of hydrogen-bond donors (Lipinski definition) is 3. The summed E-state index contributed by atoms with van der Waals surface area (Å²) in [5.41, 5.74) is 3.45. The summed E-state index contributed by atoms with van der Waals surface area (Å²) in [7, 11) is 1.23. The van der Waals surface area contributed by atoms with Gasteiger partial charge in [-0.05, 0) is 20.3 Å². The van der Waals surface area contributed by atoms with E-state index in [-0.39, 0.29) is 11.7 Å². The third kappa shape index (κ3) is 3.22. The zero-order valence-electron chi connectivity index (χ0n) is 11.1. The number of aliphatic hydroxyl groups excluding tert-OH is 2. The third-order valence-corrected chi connectivity index (χ3v) is 4.73. The molecule has 1 fully saturated rings. The maximum absolute atomic E-state index is 12.0. The van der Waals surface area contributed by atoms with Gasteiger partial charge in [-0.15, -0.1) is 11.6 Å². The number of aromatic nitrogens is 2. The minimum Gasteiger partial charge on any atom is -0.393 e. The first-order chi connectivity index (χ1) is 10.5. The number of nitrogen functional groups attached to an aromatic ring is 1. The lowest BCUT2D eigenvalue weighted by molar-refractivity contribution is -0.114. The third-order valence-electron chi connectivity index (χ3n) is 3.43. The zero-order valence-corrected chi connectivity index (χ0v) is 14.9. The minimum absolute atomic E-state index is 0.0796. The Bertz CT molecular complexity index is 658. The van der Waals surface area contributed by atoms with Crippen molar-refractivity contribution in [2.24, 2.45) is 5.92 Å². The second kappa shape index (κ2) is 7.37. The number of nitrogens with two attached hydrogens (primary N) is 1.